The SMILES string of the molecule is CC(C)(C)OC(=O)CSc1ncnc2ccsc12. The van der Waals surface area contributed by atoms with Crippen molar-refractivity contribution in [2.45, 2.75) is 31.4 Å². The first-order valence-electron chi connectivity index (χ1n) is 5.48. The quantitative estimate of drug-likeness (QED) is 0.492. The maximum Gasteiger partial charge on any atom is 0.316 e. The second-order valence-corrected chi connectivity index (χ2v) is 6.57. The number of ether oxygens (including phenoxy) is 1. The van der Waals surface area contributed by atoms with Crippen molar-refractivity contribution >= 4 is 39.3 Å². The molecule has 0 aliphatic rings. The third-order valence-electron chi connectivity index (χ3n) is 1.96. The van der Waals surface area contributed by atoms with Crippen LogP contribution in [0.3, 0.4) is 0 Å². The summed E-state index contributed by atoms with van der Waals surface area (Å²) >= 11 is 2.97. The van der Waals surface area contributed by atoms with Gasteiger partial charge in [0, 0.05) is 0 Å². The molecule has 18 heavy (non-hydrogen) atoms. The van der Waals surface area contributed by atoms with E-state index in [0.29, 0.717) is 0 Å². The smallest absolute Gasteiger partial charge is 0.316 e. The normalized spacial score (nSPS) is 11.7. The molecule has 2 heterocycles. The van der Waals surface area contributed by atoms with Gasteiger partial charge >= 0.3 is 5.97 Å². The van der Waals surface area contributed by atoms with Crippen molar-refractivity contribution < 1.29 is 9.53 Å². The van der Waals surface area contributed by atoms with Gasteiger partial charge in [-0.1, -0.05) is 11.8 Å². The predicted molar refractivity (Wildman–Crippen MR) is 74.0 cm³/mol. The summed E-state index contributed by atoms with van der Waals surface area (Å²) in [7, 11) is 0. The largest absolute Gasteiger partial charge is 0.459 e. The number of thiophene rings is 1. The van der Waals surface area contributed by atoms with E-state index >= 15 is 0 Å². The van der Waals surface area contributed by atoms with Gasteiger partial charge in [-0.3, -0.25) is 4.79 Å². The molecule has 0 bridgehead atoms. The van der Waals surface area contributed by atoms with Crippen LogP contribution in [-0.2, 0) is 9.53 Å². The predicted octanol–water partition coefficient (Wildman–Crippen LogP) is 3.13. The van der Waals surface area contributed by atoms with Crippen LogP contribution in [0, 0.1) is 0 Å². The summed E-state index contributed by atoms with van der Waals surface area (Å²) in [6.07, 6.45) is 1.52. The van der Waals surface area contributed by atoms with Crippen LogP contribution in [0.4, 0.5) is 0 Å². The van der Waals surface area contributed by atoms with Gasteiger partial charge in [0.1, 0.15) is 17.0 Å². The molecule has 2 aromatic rings. The van der Waals surface area contributed by atoms with Gasteiger partial charge in [0.05, 0.1) is 16.0 Å². The topological polar surface area (TPSA) is 52.1 Å². The first kappa shape index (κ1) is 13.3. The molecule has 0 atom stereocenters. The monoisotopic (exact) mass is 282 g/mol. The van der Waals surface area contributed by atoms with Crippen LogP contribution >= 0.6 is 23.1 Å². The van der Waals surface area contributed by atoms with Crippen molar-refractivity contribution in [2.24, 2.45) is 0 Å². The van der Waals surface area contributed by atoms with E-state index in [2.05, 4.69) is 9.97 Å². The Labute approximate surface area is 114 Å². The van der Waals surface area contributed by atoms with Gasteiger partial charge < -0.3 is 4.74 Å². The van der Waals surface area contributed by atoms with Crippen LogP contribution in [-0.4, -0.2) is 27.3 Å². The lowest BCUT2D eigenvalue weighted by Crippen LogP contribution is -2.24. The van der Waals surface area contributed by atoms with Gasteiger partial charge in [-0.25, -0.2) is 9.97 Å². The van der Waals surface area contributed by atoms with Crippen molar-refractivity contribution in [3.63, 3.8) is 0 Å². The molecule has 0 N–H and O–H groups in total. The van der Waals surface area contributed by atoms with Crippen LogP contribution in [0.25, 0.3) is 10.2 Å². The molecule has 0 aromatic carbocycles. The number of fused-ring (bicyclic) bond motifs is 1. The van der Waals surface area contributed by atoms with Crippen molar-refractivity contribution in [2.75, 3.05) is 5.75 Å². The Morgan fingerprint density at radius 1 is 1.44 bits per heavy atom. The van der Waals surface area contributed by atoms with Gasteiger partial charge in [-0.15, -0.1) is 11.3 Å². The Hall–Kier alpha value is -1.14. The van der Waals surface area contributed by atoms with E-state index in [1.54, 1.807) is 11.3 Å². The molecule has 4 nitrogen and oxygen atoms in total. The summed E-state index contributed by atoms with van der Waals surface area (Å²) in [6, 6.07) is 1.94. The molecule has 0 aliphatic heterocycles. The molecule has 96 valence electrons. The molecule has 2 aromatic heterocycles. The Kier molecular flexibility index (Phi) is 3.87. The zero-order valence-corrected chi connectivity index (χ0v) is 12.1. The zero-order valence-electron chi connectivity index (χ0n) is 10.5. The number of carbonyl (C=O) groups excluding carboxylic acids is 1. The number of hydrogen-bond acceptors (Lipinski definition) is 6. The summed E-state index contributed by atoms with van der Waals surface area (Å²) in [5.41, 5.74) is 0.475. The molecule has 0 fully saturated rings. The van der Waals surface area contributed by atoms with Crippen LogP contribution in [0.1, 0.15) is 20.8 Å². The van der Waals surface area contributed by atoms with Gasteiger partial charge in [-0.2, -0.15) is 0 Å². The van der Waals surface area contributed by atoms with Gasteiger partial charge in [-0.05, 0) is 32.2 Å². The summed E-state index contributed by atoms with van der Waals surface area (Å²) in [6.45, 7) is 5.58. The lowest BCUT2D eigenvalue weighted by Gasteiger charge is -2.19. The number of thioether (sulfide) groups is 1. The van der Waals surface area contributed by atoms with E-state index in [9.17, 15) is 4.79 Å². The number of nitrogens with zero attached hydrogens (tertiary/aromatic N) is 2. The molecule has 6 heteroatoms. The molecule has 0 spiro atoms. The molecular formula is C12H14N2O2S2. The minimum absolute atomic E-state index is 0.226. The van der Waals surface area contributed by atoms with Crippen LogP contribution in [0.15, 0.2) is 22.8 Å². The summed E-state index contributed by atoms with van der Waals surface area (Å²) in [5.74, 6) is 0.0391. The highest BCUT2D eigenvalue weighted by Gasteiger charge is 2.17. The zero-order chi connectivity index (χ0) is 13.2. The Morgan fingerprint density at radius 3 is 2.94 bits per heavy atom. The van der Waals surface area contributed by atoms with Crippen molar-refractivity contribution in [3.8, 4) is 0 Å². The molecule has 0 radical (unpaired) electrons. The maximum atomic E-state index is 11.6. The molecule has 2 rings (SSSR count). The maximum absolute atomic E-state index is 11.6. The average Bonchev–Trinajstić information content (AvgIpc) is 2.72. The van der Waals surface area contributed by atoms with Crippen molar-refractivity contribution in [3.05, 3.63) is 17.8 Å². The fourth-order valence-corrected chi connectivity index (χ4v) is 3.09. The number of hydrogen-bond donors (Lipinski definition) is 0. The number of carbonyl (C=O) groups is 1. The molecule has 0 aliphatic carbocycles. The van der Waals surface area contributed by atoms with E-state index in [1.807, 2.05) is 32.2 Å². The Balaban J connectivity index is 2.02. The highest BCUT2D eigenvalue weighted by molar-refractivity contribution is 8.00. The summed E-state index contributed by atoms with van der Waals surface area (Å²) < 4.78 is 6.27. The van der Waals surface area contributed by atoms with Gasteiger partial charge in [0.25, 0.3) is 0 Å². The fourth-order valence-electron chi connectivity index (χ4n) is 1.37. The minimum Gasteiger partial charge on any atom is -0.459 e. The van der Waals surface area contributed by atoms with E-state index in [0.717, 1.165) is 15.2 Å². The number of rotatable bonds is 3. The molecule has 0 saturated heterocycles. The first-order chi connectivity index (χ1) is 8.46. The highest BCUT2D eigenvalue weighted by atomic mass is 32.2. The van der Waals surface area contributed by atoms with Crippen molar-refractivity contribution in [1.29, 1.82) is 0 Å². The first-order valence-corrected chi connectivity index (χ1v) is 7.35. The second kappa shape index (κ2) is 5.24. The average molecular weight is 282 g/mol. The van der Waals surface area contributed by atoms with E-state index in [-0.39, 0.29) is 11.7 Å². The lowest BCUT2D eigenvalue weighted by atomic mass is 10.2. The molecule has 0 unspecified atom stereocenters. The third kappa shape index (κ3) is 3.43. The van der Waals surface area contributed by atoms with Crippen LogP contribution < -0.4 is 0 Å². The van der Waals surface area contributed by atoms with Crippen LogP contribution in [0.2, 0.25) is 0 Å². The van der Waals surface area contributed by atoms with Crippen molar-refractivity contribution in [1.82, 2.24) is 9.97 Å². The van der Waals surface area contributed by atoms with Gasteiger partial charge in [0.2, 0.25) is 0 Å². The van der Waals surface area contributed by atoms with E-state index < -0.39 is 5.60 Å². The fraction of sp³-hybridized carbons (Fsp3) is 0.417. The Morgan fingerprint density at radius 2 is 2.22 bits per heavy atom. The third-order valence-corrected chi connectivity index (χ3v) is 3.96. The van der Waals surface area contributed by atoms with E-state index in [4.69, 9.17) is 4.74 Å². The van der Waals surface area contributed by atoms with Gasteiger partial charge in [0.15, 0.2) is 0 Å². The Bertz CT molecular complexity index is 560. The highest BCUT2D eigenvalue weighted by Crippen LogP contribution is 2.28. The van der Waals surface area contributed by atoms with Crippen LogP contribution in [0.5, 0.6) is 0 Å². The lowest BCUT2D eigenvalue weighted by molar-refractivity contribution is -0.151. The van der Waals surface area contributed by atoms with E-state index in [1.165, 1.54) is 18.1 Å². The minimum atomic E-state index is -0.443. The second-order valence-electron chi connectivity index (χ2n) is 4.69. The molecular weight excluding hydrogens is 268 g/mol. The number of aromatic nitrogens is 2. The number of esters is 1. The summed E-state index contributed by atoms with van der Waals surface area (Å²) in [5, 5.41) is 2.80. The molecule has 0 amide bonds. The summed E-state index contributed by atoms with van der Waals surface area (Å²) in [4.78, 5) is 20.0. The standard InChI is InChI=1S/C12H14N2O2S2/c1-12(2,3)16-9(15)6-18-11-10-8(4-5-17-10)13-7-14-11/h4-5,7H,6H2,1-3H3. The molecule has 0 saturated carbocycles.